The third kappa shape index (κ3) is 7.99. The van der Waals surface area contributed by atoms with Crippen molar-refractivity contribution in [2.45, 2.75) is 12.8 Å². The Morgan fingerprint density at radius 1 is 0.724 bits per heavy atom. The fraction of sp³-hybridized carbons (Fsp3) is 0.300. The molecule has 29 heavy (non-hydrogen) atoms. The predicted octanol–water partition coefficient (Wildman–Crippen LogP) is 4.82. The van der Waals surface area contributed by atoms with Crippen LogP contribution in [0.4, 0.5) is 11.4 Å². The van der Waals surface area contributed by atoms with Crippen molar-refractivity contribution in [1.82, 2.24) is 0 Å². The van der Waals surface area contributed by atoms with Gasteiger partial charge in [-0.1, -0.05) is 0 Å². The lowest BCUT2D eigenvalue weighted by molar-refractivity contribution is 0.106. The first-order valence-electron chi connectivity index (χ1n) is 8.79. The van der Waals surface area contributed by atoms with Crippen LogP contribution in [0.5, 0.6) is 23.0 Å². The van der Waals surface area contributed by atoms with Crippen LogP contribution in [0.15, 0.2) is 46.4 Å². The number of isothiocyanates is 2. The Kier molecular flexibility index (Phi) is 9.78. The van der Waals surface area contributed by atoms with Crippen molar-refractivity contribution in [3.63, 3.8) is 0 Å². The highest BCUT2D eigenvalue weighted by Crippen LogP contribution is 2.31. The molecule has 0 fully saturated rings. The molecule has 0 spiro atoms. The first-order valence-corrected chi connectivity index (χ1v) is 9.61. The van der Waals surface area contributed by atoms with Crippen molar-refractivity contribution in [2.75, 3.05) is 26.4 Å². The molecule has 2 N–H and O–H groups in total. The molecule has 0 aromatic heterocycles. The fourth-order valence-corrected chi connectivity index (χ4v) is 2.50. The molecule has 152 valence electrons. The van der Waals surface area contributed by atoms with Gasteiger partial charge in [0.1, 0.15) is 0 Å². The molecule has 0 saturated heterocycles. The molecule has 0 heterocycles. The molecule has 9 heteroatoms. The Morgan fingerprint density at radius 3 is 1.55 bits per heavy atom. The van der Waals surface area contributed by atoms with Gasteiger partial charge in [-0.25, -0.2) is 0 Å². The normalized spacial score (nSPS) is 9.93. The number of aliphatic imine (C=N–C) groups is 2. The van der Waals surface area contributed by atoms with Crippen LogP contribution < -0.4 is 9.47 Å². The van der Waals surface area contributed by atoms with Gasteiger partial charge in [0.05, 0.1) is 34.9 Å². The number of hydrogen-bond donors (Lipinski definition) is 2. The minimum absolute atomic E-state index is 0.0000686. The van der Waals surface area contributed by atoms with Crippen molar-refractivity contribution in [3.05, 3.63) is 36.4 Å². The van der Waals surface area contributed by atoms with Crippen LogP contribution in [0.25, 0.3) is 0 Å². The molecule has 0 aliphatic rings. The maximum atomic E-state index is 9.85. The third-order valence-corrected chi connectivity index (χ3v) is 3.80. The van der Waals surface area contributed by atoms with Crippen molar-refractivity contribution in [1.29, 1.82) is 0 Å². The summed E-state index contributed by atoms with van der Waals surface area (Å²) in [5, 5.41) is 24.2. The van der Waals surface area contributed by atoms with E-state index in [0.29, 0.717) is 62.1 Å². The molecule has 0 aliphatic carbocycles. The number of phenolic OH excluding ortho intramolecular Hbond substituents is 2. The number of aromatic hydroxyl groups is 2. The van der Waals surface area contributed by atoms with Gasteiger partial charge in [-0.15, -0.1) is 0 Å². The van der Waals surface area contributed by atoms with E-state index in [-0.39, 0.29) is 11.5 Å². The molecule has 0 amide bonds. The summed E-state index contributed by atoms with van der Waals surface area (Å²) < 4.78 is 16.5. The van der Waals surface area contributed by atoms with E-state index in [1.54, 1.807) is 24.3 Å². The Bertz CT molecular complexity index is 836. The highest BCUT2D eigenvalue weighted by molar-refractivity contribution is 7.78. The van der Waals surface area contributed by atoms with Crippen LogP contribution in [-0.4, -0.2) is 47.0 Å². The number of thiocarbonyl (C=S) groups is 2. The number of ether oxygens (including phenoxy) is 3. The second kappa shape index (κ2) is 12.6. The minimum atomic E-state index is -0.0000686. The second-order valence-electron chi connectivity index (χ2n) is 5.73. The molecule has 0 saturated carbocycles. The van der Waals surface area contributed by atoms with Gasteiger partial charge in [0.15, 0.2) is 23.0 Å². The zero-order valence-corrected chi connectivity index (χ0v) is 17.2. The van der Waals surface area contributed by atoms with E-state index in [0.717, 1.165) is 0 Å². The number of hydrogen-bond acceptors (Lipinski definition) is 9. The Hall–Kier alpha value is -2.80. The highest BCUT2D eigenvalue weighted by Gasteiger charge is 2.04. The molecule has 7 nitrogen and oxygen atoms in total. The van der Waals surface area contributed by atoms with Gasteiger partial charge in [0, 0.05) is 38.2 Å². The summed E-state index contributed by atoms with van der Waals surface area (Å²) in [6.07, 6.45) is 1.34. The molecule has 2 aromatic carbocycles. The second-order valence-corrected chi connectivity index (χ2v) is 6.09. The van der Waals surface area contributed by atoms with Crippen LogP contribution in [0.3, 0.4) is 0 Å². The molecule has 0 radical (unpaired) electrons. The smallest absolute Gasteiger partial charge is 0.161 e. The molecule has 0 bridgehead atoms. The monoisotopic (exact) mass is 432 g/mol. The van der Waals surface area contributed by atoms with Crippen LogP contribution >= 0.6 is 24.4 Å². The van der Waals surface area contributed by atoms with E-state index < -0.39 is 0 Å². The van der Waals surface area contributed by atoms with Gasteiger partial charge in [0.25, 0.3) is 0 Å². The first kappa shape index (κ1) is 22.5. The largest absolute Gasteiger partial charge is 0.504 e. The average molecular weight is 433 g/mol. The molecule has 0 atom stereocenters. The summed E-state index contributed by atoms with van der Waals surface area (Å²) in [6.45, 7) is 1.85. The van der Waals surface area contributed by atoms with Gasteiger partial charge in [-0.05, 0) is 48.7 Å². The van der Waals surface area contributed by atoms with E-state index >= 15 is 0 Å². The topological polar surface area (TPSA) is 92.9 Å². The van der Waals surface area contributed by atoms with E-state index in [9.17, 15) is 10.2 Å². The van der Waals surface area contributed by atoms with E-state index in [4.69, 9.17) is 14.2 Å². The first-order chi connectivity index (χ1) is 14.1. The quantitative estimate of drug-likeness (QED) is 0.282. The number of nitrogens with zero attached hydrogens (tertiary/aromatic N) is 2. The molecule has 2 rings (SSSR count). The average Bonchev–Trinajstić information content (AvgIpc) is 2.70. The summed E-state index contributed by atoms with van der Waals surface area (Å²) in [6, 6.07) is 9.54. The third-order valence-electron chi connectivity index (χ3n) is 3.62. The van der Waals surface area contributed by atoms with E-state index in [2.05, 4.69) is 44.7 Å². The maximum absolute atomic E-state index is 9.85. The van der Waals surface area contributed by atoms with Crippen LogP contribution in [-0.2, 0) is 4.74 Å². The lowest BCUT2D eigenvalue weighted by Gasteiger charge is -2.10. The van der Waals surface area contributed by atoms with Crippen molar-refractivity contribution >= 4 is 46.1 Å². The van der Waals surface area contributed by atoms with Gasteiger partial charge < -0.3 is 24.4 Å². The van der Waals surface area contributed by atoms with Crippen LogP contribution in [0.2, 0.25) is 0 Å². The Balaban J connectivity index is 1.56. The Labute approximate surface area is 179 Å². The van der Waals surface area contributed by atoms with E-state index in [1.807, 2.05) is 0 Å². The van der Waals surface area contributed by atoms with E-state index in [1.165, 1.54) is 12.1 Å². The van der Waals surface area contributed by atoms with Crippen molar-refractivity contribution in [2.24, 2.45) is 9.98 Å². The van der Waals surface area contributed by atoms with Crippen molar-refractivity contribution < 1.29 is 24.4 Å². The maximum Gasteiger partial charge on any atom is 0.161 e. The van der Waals surface area contributed by atoms with Crippen LogP contribution in [0, 0.1) is 0 Å². The molecular weight excluding hydrogens is 412 g/mol. The summed E-state index contributed by atoms with van der Waals surface area (Å²) in [7, 11) is 0. The summed E-state index contributed by atoms with van der Waals surface area (Å²) in [5.41, 5.74) is 1.03. The summed E-state index contributed by atoms with van der Waals surface area (Å²) in [5.74, 6) is 0.757. The predicted molar refractivity (Wildman–Crippen MR) is 117 cm³/mol. The number of phenols is 2. The number of rotatable bonds is 12. The fourth-order valence-electron chi connectivity index (χ4n) is 2.29. The molecule has 2 aromatic rings. The highest BCUT2D eigenvalue weighted by atomic mass is 32.1. The van der Waals surface area contributed by atoms with Gasteiger partial charge >= 0.3 is 0 Å². The summed E-state index contributed by atoms with van der Waals surface area (Å²) >= 11 is 9.04. The van der Waals surface area contributed by atoms with Crippen LogP contribution in [0.1, 0.15) is 12.8 Å². The minimum Gasteiger partial charge on any atom is -0.504 e. The Morgan fingerprint density at radius 2 is 1.17 bits per heavy atom. The van der Waals surface area contributed by atoms with Crippen molar-refractivity contribution in [3.8, 4) is 23.0 Å². The van der Waals surface area contributed by atoms with Gasteiger partial charge in [-0.2, -0.15) is 9.98 Å². The van der Waals surface area contributed by atoms with Gasteiger partial charge in [0.2, 0.25) is 0 Å². The SMILES string of the molecule is Oc1cc(N=C=S)ccc1OCCCOCCCOc1ccc(N=C=S)cc1O. The standard InChI is InChI=1S/C20H20N2O5S2/c23-17-11-15(21-13-28)3-5-19(17)26-9-1-7-25-8-2-10-27-20-6-4-16(22-14-29)12-18(20)24/h3-6,11-12,23-24H,1-2,7-10H2. The van der Waals surface area contributed by atoms with Gasteiger partial charge in [-0.3, -0.25) is 0 Å². The molecule has 0 aliphatic heterocycles. The molecular formula is C20H20N2O5S2. The lowest BCUT2D eigenvalue weighted by Crippen LogP contribution is -2.07. The summed E-state index contributed by atoms with van der Waals surface area (Å²) in [4.78, 5) is 7.57. The lowest BCUT2D eigenvalue weighted by atomic mass is 10.3. The zero-order valence-electron chi connectivity index (χ0n) is 15.5. The zero-order chi connectivity index (χ0) is 20.9. The number of benzene rings is 2. The molecule has 0 unspecified atom stereocenters.